The number of halogens is 2. The Hall–Kier alpha value is -1.91. The fourth-order valence-electron chi connectivity index (χ4n) is 3.72. The van der Waals surface area contributed by atoms with E-state index < -0.39 is 0 Å². The van der Waals surface area contributed by atoms with Crippen LogP contribution in [-0.2, 0) is 0 Å². The first kappa shape index (κ1) is 17.5. The van der Waals surface area contributed by atoms with Crippen molar-refractivity contribution in [1.82, 2.24) is 4.57 Å². The van der Waals surface area contributed by atoms with E-state index in [2.05, 4.69) is 86.7 Å². The van der Waals surface area contributed by atoms with Gasteiger partial charge in [0.1, 0.15) is 0 Å². The third kappa shape index (κ3) is 2.72. The molecule has 0 fully saturated rings. The number of carbonyl (C=O) groups is 1. The Morgan fingerprint density at radius 2 is 1.27 bits per heavy atom. The minimum Gasteiger partial charge on any atom is -0.309 e. The molecule has 0 aliphatic carbocycles. The van der Waals surface area contributed by atoms with Crippen molar-refractivity contribution < 1.29 is 4.79 Å². The zero-order valence-corrected chi connectivity index (χ0v) is 17.9. The van der Waals surface area contributed by atoms with Crippen molar-refractivity contribution in [3.8, 4) is 5.69 Å². The lowest BCUT2D eigenvalue weighted by atomic mass is 10.0. The van der Waals surface area contributed by atoms with Gasteiger partial charge >= 0.3 is 0 Å². The molecule has 0 amide bonds. The average Bonchev–Trinajstić information content (AvgIpc) is 2.87. The molecule has 4 aromatic rings. The van der Waals surface area contributed by atoms with Gasteiger partial charge in [-0.2, -0.15) is 0 Å². The smallest absolute Gasteiger partial charge is 0.159 e. The minimum absolute atomic E-state index is 0.0952. The highest BCUT2D eigenvalue weighted by Gasteiger charge is 2.17. The maximum Gasteiger partial charge on any atom is 0.159 e. The molecule has 0 atom stereocenters. The van der Waals surface area contributed by atoms with E-state index in [1.807, 2.05) is 12.1 Å². The second-order valence-corrected chi connectivity index (χ2v) is 8.50. The van der Waals surface area contributed by atoms with E-state index in [-0.39, 0.29) is 5.78 Å². The number of aromatic nitrogens is 1. The van der Waals surface area contributed by atoms with Gasteiger partial charge in [0.25, 0.3) is 0 Å². The maximum atomic E-state index is 11.8. The fraction of sp³-hybridized carbons (Fsp3) is 0.136. The summed E-state index contributed by atoms with van der Waals surface area (Å²) in [5, 5.41) is 2.40. The summed E-state index contributed by atoms with van der Waals surface area (Å²) >= 11 is 7.20. The van der Waals surface area contributed by atoms with Crippen LogP contribution in [0.25, 0.3) is 27.5 Å². The summed E-state index contributed by atoms with van der Waals surface area (Å²) in [5.74, 6) is 0.0952. The monoisotopic (exact) mass is 469 g/mol. The number of hydrogen-bond acceptors (Lipinski definition) is 1. The highest BCUT2D eigenvalue weighted by molar-refractivity contribution is 9.10. The van der Waals surface area contributed by atoms with Crippen LogP contribution in [0.3, 0.4) is 0 Å². The van der Waals surface area contributed by atoms with Crippen LogP contribution in [0.4, 0.5) is 0 Å². The van der Waals surface area contributed by atoms with Crippen molar-refractivity contribution in [1.29, 1.82) is 0 Å². The molecule has 0 aliphatic rings. The Labute approximate surface area is 169 Å². The molecule has 1 heterocycles. The third-order valence-electron chi connectivity index (χ3n) is 4.81. The van der Waals surface area contributed by atoms with E-state index in [0.29, 0.717) is 0 Å². The van der Waals surface area contributed by atoms with Gasteiger partial charge in [-0.15, -0.1) is 0 Å². The molecule has 0 radical (unpaired) electrons. The normalized spacial score (nSPS) is 11.4. The van der Waals surface area contributed by atoms with Crippen LogP contribution in [0.1, 0.15) is 28.4 Å². The number of aryl methyl sites for hydroxylation is 2. The Morgan fingerprint density at radius 1 is 0.808 bits per heavy atom. The van der Waals surface area contributed by atoms with Gasteiger partial charge in [-0.25, -0.2) is 0 Å². The van der Waals surface area contributed by atoms with E-state index >= 15 is 0 Å². The largest absolute Gasteiger partial charge is 0.309 e. The molecule has 26 heavy (non-hydrogen) atoms. The molecule has 2 nitrogen and oxygen atoms in total. The zero-order valence-electron chi connectivity index (χ0n) is 14.7. The maximum absolute atomic E-state index is 11.8. The van der Waals surface area contributed by atoms with E-state index in [4.69, 9.17) is 0 Å². The summed E-state index contributed by atoms with van der Waals surface area (Å²) in [7, 11) is 0. The summed E-state index contributed by atoms with van der Waals surface area (Å²) in [6, 6.07) is 16.7. The standard InChI is InChI=1S/C22H17Br2NO/c1-12-8-15(14(3)26)9-13(2)22(12)25-20-6-4-16(23)10-18(20)19-11-17(24)5-7-21(19)25/h4-11H,1-3H3. The Balaban J connectivity index is 2.16. The van der Waals surface area contributed by atoms with Gasteiger partial charge in [-0.05, 0) is 80.4 Å². The molecule has 0 aliphatic heterocycles. The minimum atomic E-state index is 0.0952. The zero-order chi connectivity index (χ0) is 18.6. The number of carbonyl (C=O) groups excluding carboxylic acids is 1. The van der Waals surface area contributed by atoms with Crippen LogP contribution in [0.2, 0.25) is 0 Å². The van der Waals surface area contributed by atoms with Crippen molar-refractivity contribution in [2.75, 3.05) is 0 Å². The number of nitrogens with zero attached hydrogens (tertiary/aromatic N) is 1. The van der Waals surface area contributed by atoms with E-state index in [1.54, 1.807) is 6.92 Å². The highest BCUT2D eigenvalue weighted by Crippen LogP contribution is 2.37. The molecule has 0 N–H and O–H groups in total. The van der Waals surface area contributed by atoms with Crippen molar-refractivity contribution >= 4 is 59.4 Å². The van der Waals surface area contributed by atoms with Gasteiger partial charge in [0.05, 0.1) is 16.7 Å². The summed E-state index contributed by atoms with van der Waals surface area (Å²) in [6.45, 7) is 5.76. The summed E-state index contributed by atoms with van der Waals surface area (Å²) in [4.78, 5) is 11.8. The first-order chi connectivity index (χ1) is 12.4. The fourth-order valence-corrected chi connectivity index (χ4v) is 4.44. The van der Waals surface area contributed by atoms with E-state index in [9.17, 15) is 4.79 Å². The second-order valence-electron chi connectivity index (χ2n) is 6.67. The van der Waals surface area contributed by atoms with Crippen molar-refractivity contribution in [3.05, 3.63) is 74.2 Å². The van der Waals surface area contributed by atoms with Gasteiger partial charge in [-0.3, -0.25) is 4.79 Å². The second kappa shape index (κ2) is 6.36. The van der Waals surface area contributed by atoms with Crippen LogP contribution in [0.5, 0.6) is 0 Å². The predicted octanol–water partition coefficient (Wildman–Crippen LogP) is 7.13. The molecule has 3 aromatic carbocycles. The van der Waals surface area contributed by atoms with Crippen LogP contribution in [0.15, 0.2) is 57.5 Å². The van der Waals surface area contributed by atoms with E-state index in [1.165, 1.54) is 10.8 Å². The molecule has 4 rings (SSSR count). The Morgan fingerprint density at radius 3 is 1.69 bits per heavy atom. The van der Waals surface area contributed by atoms with Gasteiger partial charge in [0.2, 0.25) is 0 Å². The van der Waals surface area contributed by atoms with Gasteiger partial charge in [0.15, 0.2) is 5.78 Å². The van der Waals surface area contributed by atoms with Crippen LogP contribution >= 0.6 is 31.9 Å². The number of benzene rings is 3. The molecule has 130 valence electrons. The lowest BCUT2D eigenvalue weighted by molar-refractivity contribution is 0.101. The van der Waals surface area contributed by atoms with Gasteiger partial charge < -0.3 is 4.57 Å². The molecular weight excluding hydrogens is 454 g/mol. The number of ketones is 1. The van der Waals surface area contributed by atoms with Crippen molar-refractivity contribution in [2.24, 2.45) is 0 Å². The molecule has 0 bridgehead atoms. The van der Waals surface area contributed by atoms with Crippen LogP contribution in [-0.4, -0.2) is 10.4 Å². The Bertz CT molecular complexity index is 1120. The molecule has 0 spiro atoms. The SMILES string of the molecule is CC(=O)c1cc(C)c(-n2c3ccc(Br)cc3c3cc(Br)ccc32)c(C)c1. The number of fused-ring (bicyclic) bond motifs is 3. The topological polar surface area (TPSA) is 22.0 Å². The molecule has 4 heteroatoms. The van der Waals surface area contributed by atoms with Crippen LogP contribution in [0, 0.1) is 13.8 Å². The van der Waals surface area contributed by atoms with E-state index in [0.717, 1.165) is 42.4 Å². The molecular formula is C22H17Br2NO. The summed E-state index contributed by atoms with van der Waals surface area (Å²) < 4.78 is 4.42. The number of hydrogen-bond donors (Lipinski definition) is 0. The predicted molar refractivity (Wildman–Crippen MR) is 116 cm³/mol. The molecule has 1 aromatic heterocycles. The summed E-state index contributed by atoms with van der Waals surface area (Å²) in [6.07, 6.45) is 0. The van der Waals surface area contributed by atoms with Gasteiger partial charge in [0, 0.05) is 25.3 Å². The summed E-state index contributed by atoms with van der Waals surface area (Å²) in [5.41, 5.74) is 6.40. The van der Waals surface area contributed by atoms with Gasteiger partial charge in [-0.1, -0.05) is 31.9 Å². The Kier molecular flexibility index (Phi) is 4.28. The lowest BCUT2D eigenvalue weighted by Gasteiger charge is -2.16. The highest BCUT2D eigenvalue weighted by atomic mass is 79.9. The molecule has 0 unspecified atom stereocenters. The average molecular weight is 471 g/mol. The third-order valence-corrected chi connectivity index (χ3v) is 5.80. The first-order valence-corrected chi connectivity index (χ1v) is 9.97. The first-order valence-electron chi connectivity index (χ1n) is 8.38. The number of rotatable bonds is 2. The van der Waals surface area contributed by atoms with Crippen molar-refractivity contribution in [2.45, 2.75) is 20.8 Å². The van der Waals surface area contributed by atoms with Crippen LogP contribution < -0.4 is 0 Å². The lowest BCUT2D eigenvalue weighted by Crippen LogP contribution is -2.03. The van der Waals surface area contributed by atoms with Crippen molar-refractivity contribution in [3.63, 3.8) is 0 Å². The molecule has 0 saturated carbocycles. The quantitative estimate of drug-likeness (QED) is 0.285. The molecule has 0 saturated heterocycles. The number of Topliss-reactive ketones (excluding diaryl/α,β-unsaturated/α-hetero) is 1.